The van der Waals surface area contributed by atoms with Gasteiger partial charge >= 0.3 is 0 Å². The molecule has 3 rings (SSSR count). The van der Waals surface area contributed by atoms with Gasteiger partial charge in [-0.25, -0.2) is 12.8 Å². The van der Waals surface area contributed by atoms with Crippen LogP contribution in [0, 0.1) is 5.82 Å². The molecule has 1 aromatic heterocycles. The molecule has 1 aliphatic rings. The lowest BCUT2D eigenvalue weighted by Crippen LogP contribution is -2.15. The van der Waals surface area contributed by atoms with Gasteiger partial charge in [-0.15, -0.1) is 0 Å². The fraction of sp³-hybridized carbons (Fsp3) is 0.357. The first-order valence-electron chi connectivity index (χ1n) is 6.96. The molecule has 1 N–H and O–H groups in total. The van der Waals surface area contributed by atoms with Crippen LogP contribution in [-0.4, -0.2) is 30.9 Å². The minimum atomic E-state index is -3.97. The van der Waals surface area contributed by atoms with E-state index in [2.05, 4.69) is 9.82 Å². The van der Waals surface area contributed by atoms with Gasteiger partial charge in [0.15, 0.2) is 0 Å². The van der Waals surface area contributed by atoms with E-state index < -0.39 is 15.8 Å². The van der Waals surface area contributed by atoms with Gasteiger partial charge in [0.25, 0.3) is 10.0 Å². The summed E-state index contributed by atoms with van der Waals surface area (Å²) >= 11 is 0. The molecule has 118 valence electrons. The van der Waals surface area contributed by atoms with E-state index in [0.717, 1.165) is 25.5 Å². The molecule has 0 spiro atoms. The number of nitrogens with zero attached hydrogens (tertiary/aromatic N) is 2. The molecule has 2 heterocycles. The maximum atomic E-state index is 13.6. The molecule has 2 aromatic rings. The van der Waals surface area contributed by atoms with Crippen molar-refractivity contribution in [3.8, 4) is 0 Å². The number of anilines is 1. The molecular formula is C14H16FN3O3S. The number of aromatic nitrogens is 2. The van der Waals surface area contributed by atoms with Gasteiger partial charge in [0.05, 0.1) is 24.5 Å². The minimum absolute atomic E-state index is 0.107. The van der Waals surface area contributed by atoms with Crippen molar-refractivity contribution in [1.29, 1.82) is 0 Å². The average Bonchev–Trinajstić information content (AvgIpc) is 3.11. The van der Waals surface area contributed by atoms with Gasteiger partial charge in [0, 0.05) is 12.8 Å². The second kappa shape index (κ2) is 6.05. The molecular weight excluding hydrogens is 309 g/mol. The van der Waals surface area contributed by atoms with Crippen molar-refractivity contribution in [2.45, 2.75) is 30.4 Å². The number of halogens is 1. The molecule has 0 aliphatic carbocycles. The number of hydrogen-bond acceptors (Lipinski definition) is 4. The summed E-state index contributed by atoms with van der Waals surface area (Å²) in [5.41, 5.74) is 0.293. The minimum Gasteiger partial charge on any atom is -0.376 e. The van der Waals surface area contributed by atoms with Crippen molar-refractivity contribution < 1.29 is 17.5 Å². The topological polar surface area (TPSA) is 73.2 Å². The number of hydrogen-bond donors (Lipinski definition) is 1. The summed E-state index contributed by atoms with van der Waals surface area (Å²) in [6.07, 6.45) is 5.07. The average molecular weight is 325 g/mol. The van der Waals surface area contributed by atoms with E-state index in [0.29, 0.717) is 12.2 Å². The Morgan fingerprint density at radius 3 is 2.95 bits per heavy atom. The summed E-state index contributed by atoms with van der Waals surface area (Å²) in [7, 11) is -3.97. The van der Waals surface area contributed by atoms with Crippen molar-refractivity contribution in [2.24, 2.45) is 0 Å². The Hall–Kier alpha value is -1.93. The number of ether oxygens (including phenoxy) is 1. The van der Waals surface area contributed by atoms with E-state index in [4.69, 9.17) is 4.74 Å². The van der Waals surface area contributed by atoms with Gasteiger partial charge in [-0.1, -0.05) is 12.1 Å². The molecule has 0 amide bonds. The van der Waals surface area contributed by atoms with Crippen molar-refractivity contribution in [3.63, 3.8) is 0 Å². The first-order valence-corrected chi connectivity index (χ1v) is 8.44. The van der Waals surface area contributed by atoms with Gasteiger partial charge in [0.1, 0.15) is 10.7 Å². The maximum absolute atomic E-state index is 13.6. The van der Waals surface area contributed by atoms with Crippen LogP contribution in [-0.2, 0) is 21.3 Å². The summed E-state index contributed by atoms with van der Waals surface area (Å²) in [6.45, 7) is 1.32. The first-order chi connectivity index (χ1) is 10.5. The van der Waals surface area contributed by atoms with E-state index >= 15 is 0 Å². The van der Waals surface area contributed by atoms with Crippen LogP contribution in [0.4, 0.5) is 10.1 Å². The van der Waals surface area contributed by atoms with Crippen molar-refractivity contribution >= 4 is 15.7 Å². The Morgan fingerprint density at radius 1 is 1.41 bits per heavy atom. The Labute approximate surface area is 128 Å². The Morgan fingerprint density at radius 2 is 2.23 bits per heavy atom. The first kappa shape index (κ1) is 15.0. The summed E-state index contributed by atoms with van der Waals surface area (Å²) in [6, 6.07) is 5.23. The highest BCUT2D eigenvalue weighted by molar-refractivity contribution is 7.92. The molecule has 0 radical (unpaired) electrons. The lowest BCUT2D eigenvalue weighted by atomic mass is 10.2. The molecule has 1 aromatic carbocycles. The Kier molecular flexibility index (Phi) is 4.12. The molecule has 22 heavy (non-hydrogen) atoms. The number of rotatable bonds is 5. The predicted molar refractivity (Wildman–Crippen MR) is 78.4 cm³/mol. The van der Waals surface area contributed by atoms with Crippen molar-refractivity contribution in [3.05, 3.63) is 42.5 Å². The SMILES string of the molecule is O=S(=O)(Nc1cnn(C[C@H]2CCCO2)c1)c1ccccc1F. The molecule has 0 saturated carbocycles. The largest absolute Gasteiger partial charge is 0.376 e. The number of sulfonamides is 1. The number of benzene rings is 1. The van der Waals surface area contributed by atoms with E-state index in [-0.39, 0.29) is 11.0 Å². The van der Waals surface area contributed by atoms with E-state index in [1.165, 1.54) is 24.4 Å². The fourth-order valence-electron chi connectivity index (χ4n) is 2.39. The quantitative estimate of drug-likeness (QED) is 0.912. The highest BCUT2D eigenvalue weighted by Crippen LogP contribution is 2.19. The van der Waals surface area contributed by atoms with Gasteiger partial charge < -0.3 is 4.74 Å². The van der Waals surface area contributed by atoms with Gasteiger partial charge in [-0.2, -0.15) is 5.10 Å². The lowest BCUT2D eigenvalue weighted by Gasteiger charge is -2.09. The molecule has 1 atom stereocenters. The molecule has 0 bridgehead atoms. The summed E-state index contributed by atoms with van der Waals surface area (Å²) in [4.78, 5) is -0.387. The zero-order chi connectivity index (χ0) is 15.6. The third-order valence-corrected chi connectivity index (χ3v) is 4.84. The van der Waals surface area contributed by atoms with E-state index in [1.54, 1.807) is 10.9 Å². The van der Waals surface area contributed by atoms with Crippen molar-refractivity contribution in [2.75, 3.05) is 11.3 Å². The van der Waals surface area contributed by atoms with Crippen molar-refractivity contribution in [1.82, 2.24) is 9.78 Å². The Bertz CT molecular complexity index is 754. The van der Waals surface area contributed by atoms with Crippen LogP contribution in [0.15, 0.2) is 41.6 Å². The van der Waals surface area contributed by atoms with Gasteiger partial charge in [0.2, 0.25) is 0 Å². The third kappa shape index (κ3) is 3.28. The van der Waals surface area contributed by atoms with Crippen LogP contribution in [0.3, 0.4) is 0 Å². The molecule has 1 saturated heterocycles. The van der Waals surface area contributed by atoms with E-state index in [9.17, 15) is 12.8 Å². The summed E-state index contributed by atoms with van der Waals surface area (Å²) < 4.78 is 47.4. The van der Waals surface area contributed by atoms with Crippen LogP contribution in [0.25, 0.3) is 0 Å². The molecule has 1 aliphatic heterocycles. The maximum Gasteiger partial charge on any atom is 0.264 e. The van der Waals surface area contributed by atoms with Crippen LogP contribution < -0.4 is 4.72 Å². The smallest absolute Gasteiger partial charge is 0.264 e. The molecule has 8 heteroatoms. The highest BCUT2D eigenvalue weighted by Gasteiger charge is 2.20. The highest BCUT2D eigenvalue weighted by atomic mass is 32.2. The monoisotopic (exact) mass is 325 g/mol. The third-order valence-electron chi connectivity index (χ3n) is 3.43. The van der Waals surface area contributed by atoms with E-state index in [1.807, 2.05) is 0 Å². The zero-order valence-electron chi connectivity index (χ0n) is 11.8. The summed E-state index contributed by atoms with van der Waals surface area (Å²) in [5, 5.41) is 4.10. The molecule has 1 fully saturated rings. The standard InChI is InChI=1S/C14H16FN3O3S/c15-13-5-1-2-6-14(13)22(19,20)17-11-8-16-18(9-11)10-12-4-3-7-21-12/h1-2,5-6,8-9,12,17H,3-4,7,10H2/t12-/m1/s1. The zero-order valence-corrected chi connectivity index (χ0v) is 12.6. The van der Waals surface area contributed by atoms with Gasteiger partial charge in [-0.05, 0) is 25.0 Å². The number of nitrogens with one attached hydrogen (secondary N) is 1. The van der Waals surface area contributed by atoms with Crippen LogP contribution in [0.2, 0.25) is 0 Å². The molecule has 6 nitrogen and oxygen atoms in total. The second-order valence-electron chi connectivity index (χ2n) is 5.12. The predicted octanol–water partition coefficient (Wildman–Crippen LogP) is 2.00. The van der Waals surface area contributed by atoms with Gasteiger partial charge in [-0.3, -0.25) is 9.40 Å². The second-order valence-corrected chi connectivity index (χ2v) is 6.77. The van der Waals surface area contributed by atoms with Crippen LogP contribution >= 0.6 is 0 Å². The Balaban J connectivity index is 1.73. The fourth-order valence-corrected chi connectivity index (χ4v) is 3.49. The van der Waals surface area contributed by atoms with Crippen LogP contribution in [0.5, 0.6) is 0 Å². The molecule has 0 unspecified atom stereocenters. The summed E-state index contributed by atoms with van der Waals surface area (Å²) in [5.74, 6) is -0.790. The van der Waals surface area contributed by atoms with Crippen LogP contribution in [0.1, 0.15) is 12.8 Å². The normalized spacial score (nSPS) is 18.5. The lowest BCUT2D eigenvalue weighted by molar-refractivity contribution is 0.0940.